The summed E-state index contributed by atoms with van der Waals surface area (Å²) in [4.78, 5) is 14.5. The van der Waals surface area contributed by atoms with Crippen LogP contribution in [-0.2, 0) is 10.0 Å². The average molecular weight is 391 g/mol. The minimum atomic E-state index is -3.69. The second kappa shape index (κ2) is 8.98. The minimum absolute atomic E-state index is 0.0464. The third-order valence-electron chi connectivity index (χ3n) is 3.86. The second-order valence-electron chi connectivity index (χ2n) is 6.39. The van der Waals surface area contributed by atoms with Crippen LogP contribution in [0, 0.1) is 6.92 Å². The summed E-state index contributed by atoms with van der Waals surface area (Å²) in [6.45, 7) is 2.76. The van der Waals surface area contributed by atoms with Gasteiger partial charge in [0, 0.05) is 18.7 Å². The van der Waals surface area contributed by atoms with E-state index < -0.39 is 15.9 Å². The number of hydrogen-bond donors (Lipinski definition) is 2. The Hall–Kier alpha value is -2.42. The van der Waals surface area contributed by atoms with Gasteiger partial charge in [-0.2, -0.15) is 0 Å². The van der Waals surface area contributed by atoms with Crippen LogP contribution in [0.5, 0.6) is 5.75 Å². The van der Waals surface area contributed by atoms with Gasteiger partial charge in [0.25, 0.3) is 5.91 Å². The molecule has 0 atom stereocenters. The monoisotopic (exact) mass is 391 g/mol. The molecule has 2 aromatic carbocycles. The number of rotatable bonds is 8. The van der Waals surface area contributed by atoms with Gasteiger partial charge in [0.2, 0.25) is 10.0 Å². The van der Waals surface area contributed by atoms with E-state index in [1.54, 1.807) is 24.3 Å². The van der Waals surface area contributed by atoms with E-state index in [9.17, 15) is 13.2 Å². The standard InChI is InChI=1S/C19H25N3O4S/c1-14-8-9-18(26-4)17(12-14)21-19(23)15-6-5-7-16(13-15)27(24,25)20-10-11-22(2)3/h5-9,12-13,20H,10-11H2,1-4H3,(H,21,23). The van der Waals surface area contributed by atoms with Crippen LogP contribution in [0.1, 0.15) is 15.9 Å². The number of amides is 1. The third-order valence-corrected chi connectivity index (χ3v) is 5.32. The van der Waals surface area contributed by atoms with E-state index in [2.05, 4.69) is 10.0 Å². The lowest BCUT2D eigenvalue weighted by atomic mass is 10.1. The van der Waals surface area contributed by atoms with Crippen LogP contribution in [0.2, 0.25) is 0 Å². The molecule has 0 bridgehead atoms. The smallest absolute Gasteiger partial charge is 0.255 e. The zero-order valence-electron chi connectivity index (χ0n) is 15.9. The molecule has 2 aromatic rings. The number of sulfonamides is 1. The maximum absolute atomic E-state index is 12.6. The summed E-state index contributed by atoms with van der Waals surface area (Å²) in [7, 11) is 1.55. The van der Waals surface area contributed by atoms with Crippen LogP contribution in [0.4, 0.5) is 5.69 Å². The summed E-state index contributed by atoms with van der Waals surface area (Å²) < 4.78 is 32.6. The van der Waals surface area contributed by atoms with E-state index in [4.69, 9.17) is 4.74 Å². The molecular weight excluding hydrogens is 366 g/mol. The highest BCUT2D eigenvalue weighted by atomic mass is 32.2. The highest BCUT2D eigenvalue weighted by Gasteiger charge is 2.17. The first-order valence-corrected chi connectivity index (χ1v) is 9.91. The van der Waals surface area contributed by atoms with Gasteiger partial charge in [-0.25, -0.2) is 13.1 Å². The summed E-state index contributed by atoms with van der Waals surface area (Å²) >= 11 is 0. The van der Waals surface area contributed by atoms with Crippen LogP contribution >= 0.6 is 0 Å². The lowest BCUT2D eigenvalue weighted by Crippen LogP contribution is -2.31. The molecule has 0 unspecified atom stereocenters. The fourth-order valence-electron chi connectivity index (χ4n) is 2.41. The van der Waals surface area contributed by atoms with Crippen molar-refractivity contribution in [1.29, 1.82) is 0 Å². The van der Waals surface area contributed by atoms with Crippen molar-refractivity contribution >= 4 is 21.6 Å². The van der Waals surface area contributed by atoms with E-state index >= 15 is 0 Å². The van der Waals surface area contributed by atoms with Gasteiger partial charge in [0.05, 0.1) is 17.7 Å². The summed E-state index contributed by atoms with van der Waals surface area (Å²) in [6, 6.07) is 11.4. The Morgan fingerprint density at radius 1 is 1.15 bits per heavy atom. The van der Waals surface area contributed by atoms with Gasteiger partial charge in [-0.1, -0.05) is 12.1 Å². The fourth-order valence-corrected chi connectivity index (χ4v) is 3.47. The van der Waals surface area contributed by atoms with Gasteiger partial charge in [-0.3, -0.25) is 4.79 Å². The molecule has 146 valence electrons. The van der Waals surface area contributed by atoms with Gasteiger partial charge in [0.1, 0.15) is 5.75 Å². The molecule has 0 saturated carbocycles. The van der Waals surface area contributed by atoms with Gasteiger partial charge in [0.15, 0.2) is 0 Å². The van der Waals surface area contributed by atoms with Crippen molar-refractivity contribution in [1.82, 2.24) is 9.62 Å². The van der Waals surface area contributed by atoms with Crippen molar-refractivity contribution in [2.75, 3.05) is 39.6 Å². The Balaban J connectivity index is 2.19. The first-order valence-electron chi connectivity index (χ1n) is 8.43. The number of carbonyl (C=O) groups is 1. The van der Waals surface area contributed by atoms with Crippen LogP contribution in [0.3, 0.4) is 0 Å². The number of anilines is 1. The molecule has 1 amide bonds. The van der Waals surface area contributed by atoms with E-state index in [1.807, 2.05) is 32.0 Å². The summed E-state index contributed by atoms with van der Waals surface area (Å²) in [5.74, 6) is 0.118. The zero-order valence-corrected chi connectivity index (χ0v) is 16.8. The number of hydrogen-bond acceptors (Lipinski definition) is 5. The number of methoxy groups -OCH3 is 1. The van der Waals surface area contributed by atoms with Crippen molar-refractivity contribution < 1.29 is 17.9 Å². The summed E-state index contributed by atoms with van der Waals surface area (Å²) in [6.07, 6.45) is 0. The Bertz CT molecular complexity index is 911. The highest BCUT2D eigenvalue weighted by molar-refractivity contribution is 7.89. The molecule has 0 aliphatic carbocycles. The van der Waals surface area contributed by atoms with Gasteiger partial charge in [-0.15, -0.1) is 0 Å². The number of nitrogens with zero attached hydrogens (tertiary/aromatic N) is 1. The summed E-state index contributed by atoms with van der Waals surface area (Å²) in [5, 5.41) is 2.77. The maximum atomic E-state index is 12.6. The number of carbonyl (C=O) groups excluding carboxylic acids is 1. The first-order chi connectivity index (χ1) is 12.7. The van der Waals surface area contributed by atoms with Crippen molar-refractivity contribution in [3.05, 3.63) is 53.6 Å². The third kappa shape index (κ3) is 5.78. The zero-order chi connectivity index (χ0) is 20.0. The molecule has 8 heteroatoms. The van der Waals surface area contributed by atoms with Crippen LogP contribution in [0.15, 0.2) is 47.4 Å². The van der Waals surface area contributed by atoms with Crippen LogP contribution in [0.25, 0.3) is 0 Å². The molecule has 0 aliphatic rings. The number of benzene rings is 2. The molecule has 2 N–H and O–H groups in total. The van der Waals surface area contributed by atoms with Crippen molar-refractivity contribution in [3.63, 3.8) is 0 Å². The Kier molecular flexibility index (Phi) is 6.95. The van der Waals surface area contributed by atoms with Crippen LogP contribution < -0.4 is 14.8 Å². The SMILES string of the molecule is COc1ccc(C)cc1NC(=O)c1cccc(S(=O)(=O)NCCN(C)C)c1. The lowest BCUT2D eigenvalue weighted by molar-refractivity contribution is 0.102. The molecule has 2 rings (SSSR count). The van der Waals surface area contributed by atoms with E-state index in [1.165, 1.54) is 19.2 Å². The van der Waals surface area contributed by atoms with Gasteiger partial charge < -0.3 is 15.0 Å². The molecule has 0 saturated heterocycles. The number of ether oxygens (including phenoxy) is 1. The maximum Gasteiger partial charge on any atom is 0.255 e. The van der Waals surface area contributed by atoms with E-state index in [0.717, 1.165) is 5.56 Å². The largest absolute Gasteiger partial charge is 0.495 e. The number of nitrogens with one attached hydrogen (secondary N) is 2. The Labute approximate surface area is 160 Å². The molecule has 0 aliphatic heterocycles. The van der Waals surface area contributed by atoms with E-state index in [-0.39, 0.29) is 17.0 Å². The van der Waals surface area contributed by atoms with Crippen molar-refractivity contribution in [2.45, 2.75) is 11.8 Å². The van der Waals surface area contributed by atoms with Gasteiger partial charge >= 0.3 is 0 Å². The highest BCUT2D eigenvalue weighted by Crippen LogP contribution is 2.26. The molecule has 27 heavy (non-hydrogen) atoms. The number of likely N-dealkylation sites (N-methyl/N-ethyl adjacent to an activating group) is 1. The lowest BCUT2D eigenvalue weighted by Gasteiger charge is -2.13. The molecule has 0 fully saturated rings. The molecule has 0 heterocycles. The Morgan fingerprint density at radius 2 is 1.89 bits per heavy atom. The molecular formula is C19H25N3O4S. The molecule has 0 aromatic heterocycles. The normalized spacial score (nSPS) is 11.4. The molecule has 7 nitrogen and oxygen atoms in total. The second-order valence-corrected chi connectivity index (χ2v) is 8.15. The molecule has 0 spiro atoms. The predicted molar refractivity (Wildman–Crippen MR) is 106 cm³/mol. The Morgan fingerprint density at radius 3 is 2.56 bits per heavy atom. The fraction of sp³-hybridized carbons (Fsp3) is 0.316. The minimum Gasteiger partial charge on any atom is -0.495 e. The topological polar surface area (TPSA) is 87.7 Å². The van der Waals surface area contributed by atoms with Crippen molar-refractivity contribution in [3.8, 4) is 5.75 Å². The van der Waals surface area contributed by atoms with Gasteiger partial charge in [-0.05, 0) is 56.9 Å². The predicted octanol–water partition coefficient (Wildman–Crippen LogP) is 2.10. The first kappa shape index (κ1) is 20.9. The van der Waals surface area contributed by atoms with Crippen LogP contribution in [-0.4, -0.2) is 53.5 Å². The quantitative estimate of drug-likeness (QED) is 0.720. The average Bonchev–Trinajstić information content (AvgIpc) is 2.61. The van der Waals surface area contributed by atoms with E-state index in [0.29, 0.717) is 18.0 Å². The summed E-state index contributed by atoms with van der Waals surface area (Å²) in [5.41, 5.74) is 1.74. The number of aryl methyl sites for hydroxylation is 1. The van der Waals surface area contributed by atoms with Crippen molar-refractivity contribution in [2.24, 2.45) is 0 Å². The molecule has 0 radical (unpaired) electrons.